The molecular weight excluding hydrogens is 204 g/mol. The van der Waals surface area contributed by atoms with Crippen LogP contribution in [-0.4, -0.2) is 51.6 Å². The van der Waals surface area contributed by atoms with Crippen LogP contribution >= 0.6 is 0 Å². The van der Waals surface area contributed by atoms with Crippen molar-refractivity contribution in [1.29, 1.82) is 0 Å². The van der Waals surface area contributed by atoms with Gasteiger partial charge in [0.2, 0.25) is 0 Å². The monoisotopic (exact) mass is 232 g/mol. The van der Waals surface area contributed by atoms with E-state index in [4.69, 9.17) is 9.47 Å². The topological polar surface area (TPSA) is 42.5 Å². The second-order valence-electron chi connectivity index (χ2n) is 5.01. The third kappa shape index (κ3) is 11.9. The Bertz CT molecular complexity index is 158. The highest BCUT2D eigenvalue weighted by Gasteiger charge is 2.09. The lowest BCUT2D eigenvalue weighted by atomic mass is 10.2. The number of ether oxygens (including phenoxy) is 2. The first-order valence-electron chi connectivity index (χ1n) is 6.02. The summed E-state index contributed by atoms with van der Waals surface area (Å²) in [5, 5.41) is 6.72. The fourth-order valence-corrected chi connectivity index (χ4v) is 1.23. The normalized spacial score (nSPS) is 14.1. The fourth-order valence-electron chi connectivity index (χ4n) is 1.23. The van der Waals surface area contributed by atoms with Crippen molar-refractivity contribution >= 4 is 0 Å². The second kappa shape index (κ2) is 8.93. The fraction of sp³-hybridized carbons (Fsp3) is 1.00. The Morgan fingerprint density at radius 3 is 2.38 bits per heavy atom. The van der Waals surface area contributed by atoms with E-state index in [0.29, 0.717) is 6.04 Å². The van der Waals surface area contributed by atoms with Crippen molar-refractivity contribution in [3.63, 3.8) is 0 Å². The van der Waals surface area contributed by atoms with Gasteiger partial charge in [0, 0.05) is 32.8 Å². The van der Waals surface area contributed by atoms with Crippen molar-refractivity contribution in [2.24, 2.45) is 0 Å². The van der Waals surface area contributed by atoms with Gasteiger partial charge in [-0.2, -0.15) is 0 Å². The van der Waals surface area contributed by atoms with Crippen LogP contribution in [0.5, 0.6) is 0 Å². The lowest BCUT2D eigenvalue weighted by Crippen LogP contribution is -2.39. The molecule has 0 spiro atoms. The minimum absolute atomic E-state index is 0.0400. The predicted molar refractivity (Wildman–Crippen MR) is 67.9 cm³/mol. The van der Waals surface area contributed by atoms with Gasteiger partial charge in [-0.3, -0.25) is 0 Å². The van der Waals surface area contributed by atoms with Crippen LogP contribution in [0.3, 0.4) is 0 Å². The lowest BCUT2D eigenvalue weighted by Gasteiger charge is -2.21. The quantitative estimate of drug-likeness (QED) is 0.582. The second-order valence-corrected chi connectivity index (χ2v) is 5.01. The van der Waals surface area contributed by atoms with E-state index >= 15 is 0 Å². The van der Waals surface area contributed by atoms with E-state index in [9.17, 15) is 0 Å². The first kappa shape index (κ1) is 15.8. The van der Waals surface area contributed by atoms with Crippen molar-refractivity contribution in [2.75, 3.05) is 40.0 Å². The summed E-state index contributed by atoms with van der Waals surface area (Å²) in [5.41, 5.74) is -0.0400. The van der Waals surface area contributed by atoms with E-state index in [-0.39, 0.29) is 5.60 Å². The molecule has 4 heteroatoms. The summed E-state index contributed by atoms with van der Waals surface area (Å²) in [6, 6.07) is 0.459. The average Bonchev–Trinajstić information content (AvgIpc) is 2.18. The Balaban J connectivity index is 3.27. The van der Waals surface area contributed by atoms with Crippen molar-refractivity contribution in [2.45, 2.75) is 39.3 Å². The predicted octanol–water partition coefficient (Wildman–Crippen LogP) is 1.02. The molecule has 98 valence electrons. The molecule has 16 heavy (non-hydrogen) atoms. The first-order chi connectivity index (χ1) is 7.45. The zero-order valence-corrected chi connectivity index (χ0v) is 11.4. The van der Waals surface area contributed by atoms with Crippen LogP contribution in [-0.2, 0) is 9.47 Å². The zero-order chi connectivity index (χ0) is 12.4. The minimum Gasteiger partial charge on any atom is -0.383 e. The summed E-state index contributed by atoms with van der Waals surface area (Å²) in [5.74, 6) is 0. The van der Waals surface area contributed by atoms with Gasteiger partial charge >= 0.3 is 0 Å². The Kier molecular flexibility index (Phi) is 8.84. The summed E-state index contributed by atoms with van der Waals surface area (Å²) in [6.07, 6.45) is 0. The first-order valence-corrected chi connectivity index (χ1v) is 6.02. The van der Waals surface area contributed by atoms with Gasteiger partial charge in [-0.05, 0) is 27.7 Å². The number of hydrogen-bond donors (Lipinski definition) is 2. The highest BCUT2D eigenvalue weighted by Crippen LogP contribution is 2.04. The third-order valence-electron chi connectivity index (χ3n) is 2.06. The maximum absolute atomic E-state index is 5.62. The molecule has 0 aliphatic rings. The van der Waals surface area contributed by atoms with Crippen LogP contribution in [0.2, 0.25) is 0 Å². The van der Waals surface area contributed by atoms with Gasteiger partial charge in [0.15, 0.2) is 0 Å². The van der Waals surface area contributed by atoms with Gasteiger partial charge in [-0.25, -0.2) is 0 Å². The van der Waals surface area contributed by atoms with E-state index in [1.54, 1.807) is 7.11 Å². The average molecular weight is 232 g/mol. The number of hydrogen-bond acceptors (Lipinski definition) is 4. The van der Waals surface area contributed by atoms with Gasteiger partial charge in [-0.15, -0.1) is 0 Å². The standard InChI is InChI=1S/C12H28N2O2/c1-11(10-13-6-8-15-5)14-7-9-16-12(2,3)4/h11,13-14H,6-10H2,1-5H3. The SMILES string of the molecule is COCCNCC(C)NCCOC(C)(C)C. The summed E-state index contributed by atoms with van der Waals surface area (Å²) in [7, 11) is 1.72. The van der Waals surface area contributed by atoms with E-state index in [2.05, 4.69) is 38.3 Å². The zero-order valence-electron chi connectivity index (χ0n) is 11.4. The van der Waals surface area contributed by atoms with E-state index in [1.165, 1.54) is 0 Å². The van der Waals surface area contributed by atoms with Crippen molar-refractivity contribution in [1.82, 2.24) is 10.6 Å². The van der Waals surface area contributed by atoms with Gasteiger partial charge < -0.3 is 20.1 Å². The molecule has 0 amide bonds. The van der Waals surface area contributed by atoms with Crippen LogP contribution in [0, 0.1) is 0 Å². The molecule has 4 nitrogen and oxygen atoms in total. The molecule has 0 saturated heterocycles. The molecule has 0 bridgehead atoms. The molecule has 0 aromatic rings. The minimum atomic E-state index is -0.0400. The molecule has 0 aliphatic heterocycles. The third-order valence-corrected chi connectivity index (χ3v) is 2.06. The van der Waals surface area contributed by atoms with Crippen molar-refractivity contribution in [3.8, 4) is 0 Å². The van der Waals surface area contributed by atoms with Gasteiger partial charge in [0.25, 0.3) is 0 Å². The Labute approximate surface area is 100 Å². The van der Waals surface area contributed by atoms with Crippen LogP contribution in [0.1, 0.15) is 27.7 Å². The molecule has 1 atom stereocenters. The molecule has 0 rings (SSSR count). The maximum Gasteiger partial charge on any atom is 0.0599 e. The van der Waals surface area contributed by atoms with Crippen molar-refractivity contribution in [3.05, 3.63) is 0 Å². The summed E-state index contributed by atoms with van der Waals surface area (Å²) < 4.78 is 10.6. The number of nitrogens with one attached hydrogen (secondary N) is 2. The number of methoxy groups -OCH3 is 1. The Morgan fingerprint density at radius 1 is 1.12 bits per heavy atom. The largest absolute Gasteiger partial charge is 0.383 e. The maximum atomic E-state index is 5.62. The summed E-state index contributed by atoms with van der Waals surface area (Å²) in [4.78, 5) is 0. The van der Waals surface area contributed by atoms with Crippen LogP contribution in [0.15, 0.2) is 0 Å². The molecule has 0 aromatic heterocycles. The highest BCUT2D eigenvalue weighted by atomic mass is 16.5. The van der Waals surface area contributed by atoms with Crippen LogP contribution in [0.25, 0.3) is 0 Å². The van der Waals surface area contributed by atoms with E-state index < -0.39 is 0 Å². The Morgan fingerprint density at radius 2 is 1.81 bits per heavy atom. The molecule has 0 fully saturated rings. The van der Waals surface area contributed by atoms with Gasteiger partial charge in [0.1, 0.15) is 0 Å². The molecule has 1 unspecified atom stereocenters. The van der Waals surface area contributed by atoms with E-state index in [1.807, 2.05) is 0 Å². The molecule has 0 aliphatic carbocycles. The molecular formula is C12H28N2O2. The van der Waals surface area contributed by atoms with Gasteiger partial charge in [-0.1, -0.05) is 0 Å². The molecule has 0 heterocycles. The Hall–Kier alpha value is -0.160. The van der Waals surface area contributed by atoms with E-state index in [0.717, 1.165) is 32.8 Å². The lowest BCUT2D eigenvalue weighted by molar-refractivity contribution is -0.00147. The number of rotatable bonds is 9. The van der Waals surface area contributed by atoms with Crippen LogP contribution < -0.4 is 10.6 Å². The highest BCUT2D eigenvalue weighted by molar-refractivity contribution is 4.64. The van der Waals surface area contributed by atoms with Crippen molar-refractivity contribution < 1.29 is 9.47 Å². The van der Waals surface area contributed by atoms with Crippen LogP contribution in [0.4, 0.5) is 0 Å². The molecule has 0 saturated carbocycles. The summed E-state index contributed by atoms with van der Waals surface area (Å²) in [6.45, 7) is 12.7. The van der Waals surface area contributed by atoms with Gasteiger partial charge in [0.05, 0.1) is 18.8 Å². The smallest absolute Gasteiger partial charge is 0.0599 e. The molecule has 2 N–H and O–H groups in total. The molecule has 0 radical (unpaired) electrons. The summed E-state index contributed by atoms with van der Waals surface area (Å²) >= 11 is 0. The molecule has 0 aromatic carbocycles.